The number of nitrogens with one attached hydrogen (secondary N) is 3. The molecule has 2 heterocycles. The molecule has 6 rings (SSSR count). The molecule has 0 bridgehead atoms. The van der Waals surface area contributed by atoms with Crippen molar-refractivity contribution in [3.63, 3.8) is 0 Å². The summed E-state index contributed by atoms with van der Waals surface area (Å²) >= 11 is 0. The minimum atomic E-state index is -0.139. The Hall–Kier alpha value is -4.94. The van der Waals surface area contributed by atoms with Crippen molar-refractivity contribution in [1.29, 1.82) is 0 Å². The Morgan fingerprint density at radius 1 is 0.789 bits per heavy atom. The van der Waals surface area contributed by atoms with Gasteiger partial charge in [0, 0.05) is 51.7 Å². The first-order chi connectivity index (χ1) is 18.7. The number of carbonyl (C=O) groups is 1. The van der Waals surface area contributed by atoms with Crippen molar-refractivity contribution in [2.75, 3.05) is 17.7 Å². The SMILES string of the molecule is CNCc1ccc(C(=O)Nc2ccc(Nc3ccnc(-c4cccc5c4oc4ccccc45)c3)cc2)cc1. The zero-order chi connectivity index (χ0) is 25.9. The summed E-state index contributed by atoms with van der Waals surface area (Å²) in [6.07, 6.45) is 1.79. The largest absolute Gasteiger partial charge is 0.455 e. The number of furan rings is 1. The van der Waals surface area contributed by atoms with Crippen LogP contribution in [0.5, 0.6) is 0 Å². The summed E-state index contributed by atoms with van der Waals surface area (Å²) in [5, 5.41) is 11.7. The monoisotopic (exact) mass is 498 g/mol. The molecule has 0 spiro atoms. The second kappa shape index (κ2) is 10.2. The summed E-state index contributed by atoms with van der Waals surface area (Å²) in [5.74, 6) is -0.139. The fourth-order valence-electron chi connectivity index (χ4n) is 4.59. The van der Waals surface area contributed by atoms with Gasteiger partial charge in [-0.25, -0.2) is 0 Å². The molecule has 0 aliphatic carbocycles. The summed E-state index contributed by atoms with van der Waals surface area (Å²) < 4.78 is 6.19. The lowest BCUT2D eigenvalue weighted by atomic mass is 10.1. The quantitative estimate of drug-likeness (QED) is 0.214. The third kappa shape index (κ3) is 4.73. The Morgan fingerprint density at radius 3 is 2.37 bits per heavy atom. The van der Waals surface area contributed by atoms with E-state index in [-0.39, 0.29) is 5.91 Å². The summed E-state index contributed by atoms with van der Waals surface area (Å²) in [6, 6.07) is 33.4. The van der Waals surface area contributed by atoms with Crippen LogP contribution >= 0.6 is 0 Å². The van der Waals surface area contributed by atoms with E-state index in [9.17, 15) is 4.79 Å². The number of amides is 1. The topological polar surface area (TPSA) is 79.2 Å². The maximum atomic E-state index is 12.6. The highest BCUT2D eigenvalue weighted by atomic mass is 16.3. The Kier molecular flexibility index (Phi) is 6.30. The second-order valence-corrected chi connectivity index (χ2v) is 9.09. The summed E-state index contributed by atoms with van der Waals surface area (Å²) in [7, 11) is 1.90. The number of pyridine rings is 1. The van der Waals surface area contributed by atoms with Crippen LogP contribution in [0, 0.1) is 0 Å². The highest BCUT2D eigenvalue weighted by molar-refractivity contribution is 6.09. The molecule has 1 amide bonds. The molecule has 0 aliphatic heterocycles. The minimum Gasteiger partial charge on any atom is -0.455 e. The second-order valence-electron chi connectivity index (χ2n) is 9.09. The number of fused-ring (bicyclic) bond motifs is 3. The number of nitrogens with zero attached hydrogens (tertiary/aromatic N) is 1. The number of aromatic nitrogens is 1. The molecule has 0 aliphatic rings. The van der Waals surface area contributed by atoms with Gasteiger partial charge >= 0.3 is 0 Å². The Morgan fingerprint density at radius 2 is 1.55 bits per heavy atom. The van der Waals surface area contributed by atoms with Crippen LogP contribution in [-0.4, -0.2) is 17.9 Å². The van der Waals surface area contributed by atoms with E-state index in [1.807, 2.05) is 98.0 Å². The maximum Gasteiger partial charge on any atom is 0.255 e. The Labute approximate surface area is 220 Å². The predicted molar refractivity (Wildman–Crippen MR) is 154 cm³/mol. The third-order valence-electron chi connectivity index (χ3n) is 6.47. The van der Waals surface area contributed by atoms with Gasteiger partial charge in [0.25, 0.3) is 5.91 Å². The molecule has 6 nitrogen and oxygen atoms in total. The summed E-state index contributed by atoms with van der Waals surface area (Å²) in [5.41, 5.74) is 7.75. The van der Waals surface area contributed by atoms with E-state index < -0.39 is 0 Å². The van der Waals surface area contributed by atoms with Gasteiger partial charge in [0.05, 0.1) is 5.69 Å². The Balaban J connectivity index is 1.18. The van der Waals surface area contributed by atoms with Crippen LogP contribution in [-0.2, 0) is 6.54 Å². The van der Waals surface area contributed by atoms with E-state index in [4.69, 9.17) is 4.42 Å². The molecule has 0 saturated carbocycles. The molecular formula is C32H26N4O2. The van der Waals surface area contributed by atoms with Crippen molar-refractivity contribution >= 4 is 44.9 Å². The predicted octanol–water partition coefficient (Wildman–Crippen LogP) is 7.36. The van der Waals surface area contributed by atoms with Crippen molar-refractivity contribution in [2.45, 2.75) is 6.54 Å². The van der Waals surface area contributed by atoms with Gasteiger partial charge < -0.3 is 20.4 Å². The van der Waals surface area contributed by atoms with Gasteiger partial charge in [0.1, 0.15) is 11.2 Å². The van der Waals surface area contributed by atoms with Crippen molar-refractivity contribution < 1.29 is 9.21 Å². The molecule has 0 radical (unpaired) electrons. The number of para-hydroxylation sites is 2. The zero-order valence-electron chi connectivity index (χ0n) is 20.9. The molecule has 4 aromatic carbocycles. The fraction of sp³-hybridized carbons (Fsp3) is 0.0625. The van der Waals surface area contributed by atoms with Gasteiger partial charge in [0.15, 0.2) is 0 Å². The number of anilines is 3. The molecule has 0 atom stereocenters. The average Bonchev–Trinajstić information content (AvgIpc) is 3.34. The Bertz CT molecular complexity index is 1740. The molecule has 2 aromatic heterocycles. The zero-order valence-corrected chi connectivity index (χ0v) is 20.9. The highest BCUT2D eigenvalue weighted by Crippen LogP contribution is 2.35. The van der Waals surface area contributed by atoms with Crippen molar-refractivity contribution in [3.8, 4) is 11.3 Å². The molecule has 6 aromatic rings. The van der Waals surface area contributed by atoms with Crippen LogP contribution < -0.4 is 16.0 Å². The molecule has 0 fully saturated rings. The number of hydrogen-bond acceptors (Lipinski definition) is 5. The maximum absolute atomic E-state index is 12.6. The molecule has 0 unspecified atom stereocenters. The first kappa shape index (κ1) is 23.5. The normalized spacial score (nSPS) is 11.1. The summed E-state index contributed by atoms with van der Waals surface area (Å²) in [6.45, 7) is 0.769. The smallest absolute Gasteiger partial charge is 0.255 e. The molecular weight excluding hydrogens is 472 g/mol. The van der Waals surface area contributed by atoms with E-state index in [0.717, 1.165) is 62.4 Å². The minimum absolute atomic E-state index is 0.139. The first-order valence-electron chi connectivity index (χ1n) is 12.5. The van der Waals surface area contributed by atoms with Crippen LogP contribution in [0.25, 0.3) is 33.2 Å². The van der Waals surface area contributed by atoms with E-state index in [1.54, 1.807) is 6.20 Å². The molecule has 0 saturated heterocycles. The van der Waals surface area contributed by atoms with Crippen LogP contribution in [0.3, 0.4) is 0 Å². The van der Waals surface area contributed by atoms with E-state index in [1.165, 1.54) is 0 Å². The lowest BCUT2D eigenvalue weighted by Gasteiger charge is -2.10. The molecule has 38 heavy (non-hydrogen) atoms. The fourth-order valence-corrected chi connectivity index (χ4v) is 4.59. The highest BCUT2D eigenvalue weighted by Gasteiger charge is 2.13. The third-order valence-corrected chi connectivity index (χ3v) is 6.47. The van der Waals surface area contributed by atoms with Gasteiger partial charge in [-0.1, -0.05) is 42.5 Å². The lowest BCUT2D eigenvalue weighted by molar-refractivity contribution is 0.102. The van der Waals surface area contributed by atoms with E-state index >= 15 is 0 Å². The van der Waals surface area contributed by atoms with E-state index in [2.05, 4.69) is 33.1 Å². The average molecular weight is 499 g/mol. The first-order valence-corrected chi connectivity index (χ1v) is 12.5. The van der Waals surface area contributed by atoms with E-state index in [0.29, 0.717) is 5.56 Å². The molecule has 186 valence electrons. The van der Waals surface area contributed by atoms with Gasteiger partial charge in [-0.15, -0.1) is 0 Å². The standard InChI is InChI=1S/C32H26N4O2/c1-33-20-21-9-11-22(12-10-21)32(37)36-24-15-13-23(14-16-24)35-25-17-18-34-29(19-25)28-7-4-6-27-26-5-2-3-8-30(26)38-31(27)28/h2-19,33H,20H2,1H3,(H,34,35)(H,36,37). The summed E-state index contributed by atoms with van der Waals surface area (Å²) in [4.78, 5) is 17.2. The van der Waals surface area contributed by atoms with Crippen LogP contribution in [0.4, 0.5) is 17.1 Å². The van der Waals surface area contributed by atoms with Crippen LogP contribution in [0.2, 0.25) is 0 Å². The lowest BCUT2D eigenvalue weighted by Crippen LogP contribution is -2.12. The van der Waals surface area contributed by atoms with Crippen LogP contribution in [0.1, 0.15) is 15.9 Å². The van der Waals surface area contributed by atoms with Crippen LogP contribution in [0.15, 0.2) is 114 Å². The van der Waals surface area contributed by atoms with Crippen molar-refractivity contribution in [1.82, 2.24) is 10.3 Å². The number of hydrogen-bond donors (Lipinski definition) is 3. The van der Waals surface area contributed by atoms with Gasteiger partial charge in [-0.2, -0.15) is 0 Å². The van der Waals surface area contributed by atoms with Crippen molar-refractivity contribution in [2.24, 2.45) is 0 Å². The van der Waals surface area contributed by atoms with Gasteiger partial charge in [0.2, 0.25) is 0 Å². The van der Waals surface area contributed by atoms with Crippen molar-refractivity contribution in [3.05, 3.63) is 120 Å². The molecule has 6 heteroatoms. The number of benzene rings is 4. The molecule has 3 N–H and O–H groups in total. The van der Waals surface area contributed by atoms with Gasteiger partial charge in [-0.05, 0) is 73.3 Å². The number of rotatable bonds is 7. The van der Waals surface area contributed by atoms with Gasteiger partial charge in [-0.3, -0.25) is 9.78 Å². The number of carbonyl (C=O) groups excluding carboxylic acids is 1.